The van der Waals surface area contributed by atoms with Crippen molar-refractivity contribution in [3.63, 3.8) is 0 Å². The Hall–Kier alpha value is -4.24. The fourth-order valence-corrected chi connectivity index (χ4v) is 3.06. The Morgan fingerprint density at radius 3 is 2.75 bits per heavy atom. The number of carbonyl (C=O) groups is 3. The third kappa shape index (κ3) is 5.27. The highest BCUT2D eigenvalue weighted by Gasteiger charge is 2.26. The summed E-state index contributed by atoms with van der Waals surface area (Å²) < 4.78 is 1.29. The number of amides is 4. The fourth-order valence-electron chi connectivity index (χ4n) is 2.87. The van der Waals surface area contributed by atoms with Gasteiger partial charge in [0.2, 0.25) is 5.91 Å². The molecule has 164 valence electrons. The van der Waals surface area contributed by atoms with Crippen molar-refractivity contribution in [3.8, 4) is 6.07 Å². The Morgan fingerprint density at radius 2 is 2.06 bits per heavy atom. The van der Waals surface area contributed by atoms with Gasteiger partial charge in [0, 0.05) is 18.0 Å². The van der Waals surface area contributed by atoms with Gasteiger partial charge >= 0.3 is 6.03 Å². The lowest BCUT2D eigenvalue weighted by Crippen LogP contribution is -2.48. The Bertz CT molecular complexity index is 1260. The lowest BCUT2D eigenvalue weighted by molar-refractivity contribution is -0.121. The fraction of sp³-hybridized carbons (Fsp3) is 0.211. The van der Waals surface area contributed by atoms with Crippen molar-refractivity contribution in [3.05, 3.63) is 47.0 Å². The highest BCUT2D eigenvalue weighted by molar-refractivity contribution is 6.29. The first-order valence-corrected chi connectivity index (χ1v) is 9.56. The third-order valence-electron chi connectivity index (χ3n) is 4.11. The van der Waals surface area contributed by atoms with Crippen LogP contribution in [0.25, 0.3) is 5.65 Å². The molecule has 0 fully saturated rings. The number of halogens is 1. The summed E-state index contributed by atoms with van der Waals surface area (Å²) >= 11 is 6.05. The van der Waals surface area contributed by atoms with E-state index in [1.807, 2.05) is 11.4 Å². The smallest absolute Gasteiger partial charge is 0.318 e. The predicted molar refractivity (Wildman–Crippen MR) is 114 cm³/mol. The van der Waals surface area contributed by atoms with Crippen LogP contribution in [0.2, 0.25) is 5.15 Å². The molecule has 32 heavy (non-hydrogen) atoms. The van der Waals surface area contributed by atoms with Gasteiger partial charge in [-0.05, 0) is 26.0 Å². The van der Waals surface area contributed by atoms with E-state index in [1.165, 1.54) is 22.8 Å². The van der Waals surface area contributed by atoms with E-state index in [9.17, 15) is 14.4 Å². The van der Waals surface area contributed by atoms with Crippen LogP contribution in [0.3, 0.4) is 0 Å². The van der Waals surface area contributed by atoms with Crippen LogP contribution in [0.15, 0.2) is 30.5 Å². The number of carbonyl (C=O) groups excluding carboxylic acids is 3. The van der Waals surface area contributed by atoms with Gasteiger partial charge in [-0.2, -0.15) is 14.9 Å². The zero-order chi connectivity index (χ0) is 23.5. The number of nitriles is 1. The number of imidazole rings is 1. The molecular formula is C19H18ClN9O3. The molecule has 5 N–H and O–H groups in total. The van der Waals surface area contributed by atoms with E-state index in [1.54, 1.807) is 26.0 Å². The molecule has 0 saturated carbocycles. The number of pyridine rings is 1. The SMILES string of the molecule is CC(C)(CC(=O)NC(N)=O)NC(=O)c1cccc(Nc2cc(Cl)nn3c(C#N)cnc23)n1. The average molecular weight is 456 g/mol. The summed E-state index contributed by atoms with van der Waals surface area (Å²) in [6.45, 7) is 3.24. The first kappa shape index (κ1) is 22.4. The zero-order valence-electron chi connectivity index (χ0n) is 17.0. The molecule has 0 aliphatic rings. The Morgan fingerprint density at radius 1 is 1.31 bits per heavy atom. The van der Waals surface area contributed by atoms with Crippen molar-refractivity contribution in [2.45, 2.75) is 25.8 Å². The minimum Gasteiger partial charge on any atom is -0.351 e. The first-order chi connectivity index (χ1) is 15.1. The summed E-state index contributed by atoms with van der Waals surface area (Å²) in [7, 11) is 0. The number of nitrogens with two attached hydrogens (primary N) is 1. The summed E-state index contributed by atoms with van der Waals surface area (Å²) in [5.74, 6) is -0.843. The van der Waals surface area contributed by atoms with Crippen LogP contribution in [0, 0.1) is 11.3 Å². The molecule has 4 amide bonds. The number of imide groups is 1. The molecule has 0 bridgehead atoms. The zero-order valence-corrected chi connectivity index (χ0v) is 17.8. The monoisotopic (exact) mass is 455 g/mol. The van der Waals surface area contributed by atoms with E-state index in [-0.39, 0.29) is 23.0 Å². The molecule has 0 aliphatic carbocycles. The number of rotatable bonds is 6. The summed E-state index contributed by atoms with van der Waals surface area (Å²) in [6, 6.07) is 7.25. The van der Waals surface area contributed by atoms with Gasteiger partial charge in [0.25, 0.3) is 5.91 Å². The van der Waals surface area contributed by atoms with Crippen molar-refractivity contribution in [2.24, 2.45) is 5.73 Å². The molecule has 0 radical (unpaired) electrons. The number of aromatic nitrogens is 4. The van der Waals surface area contributed by atoms with Crippen LogP contribution in [0.1, 0.15) is 36.5 Å². The Balaban J connectivity index is 1.79. The lowest BCUT2D eigenvalue weighted by Gasteiger charge is -2.25. The van der Waals surface area contributed by atoms with Crippen LogP contribution in [0.4, 0.5) is 16.3 Å². The van der Waals surface area contributed by atoms with Crippen molar-refractivity contribution >= 4 is 46.6 Å². The summed E-state index contributed by atoms with van der Waals surface area (Å²) in [5, 5.41) is 21.0. The largest absolute Gasteiger partial charge is 0.351 e. The number of hydrogen-bond acceptors (Lipinski definition) is 8. The molecule has 0 saturated heterocycles. The van der Waals surface area contributed by atoms with Crippen LogP contribution in [0.5, 0.6) is 0 Å². The van der Waals surface area contributed by atoms with Crippen LogP contribution in [-0.4, -0.2) is 43.0 Å². The molecule has 3 aromatic rings. The van der Waals surface area contributed by atoms with Gasteiger partial charge in [-0.1, -0.05) is 17.7 Å². The molecule has 0 spiro atoms. The number of anilines is 2. The van der Waals surface area contributed by atoms with Gasteiger partial charge in [0.05, 0.1) is 11.9 Å². The summed E-state index contributed by atoms with van der Waals surface area (Å²) in [4.78, 5) is 43.7. The van der Waals surface area contributed by atoms with Gasteiger partial charge in [-0.25, -0.2) is 14.8 Å². The third-order valence-corrected chi connectivity index (χ3v) is 4.30. The molecular weight excluding hydrogens is 438 g/mol. The van der Waals surface area contributed by atoms with Gasteiger partial charge < -0.3 is 16.4 Å². The van der Waals surface area contributed by atoms with Crippen molar-refractivity contribution in [1.29, 1.82) is 5.26 Å². The highest BCUT2D eigenvalue weighted by atomic mass is 35.5. The topological polar surface area (TPSA) is 180 Å². The molecule has 3 rings (SSSR count). The van der Waals surface area contributed by atoms with Crippen molar-refractivity contribution in [2.75, 3.05) is 5.32 Å². The number of nitrogens with zero attached hydrogens (tertiary/aromatic N) is 5. The van der Waals surface area contributed by atoms with Crippen LogP contribution < -0.4 is 21.7 Å². The minimum absolute atomic E-state index is 0.0793. The maximum Gasteiger partial charge on any atom is 0.318 e. The van der Waals surface area contributed by atoms with Crippen molar-refractivity contribution in [1.82, 2.24) is 30.2 Å². The Kier molecular flexibility index (Phi) is 6.22. The molecule has 3 heterocycles. The van der Waals surface area contributed by atoms with Gasteiger partial charge in [0.15, 0.2) is 16.5 Å². The van der Waals surface area contributed by atoms with E-state index < -0.39 is 23.4 Å². The van der Waals surface area contributed by atoms with Crippen LogP contribution >= 0.6 is 11.6 Å². The van der Waals surface area contributed by atoms with E-state index in [0.717, 1.165) is 0 Å². The summed E-state index contributed by atoms with van der Waals surface area (Å²) in [6.07, 6.45) is 1.19. The second-order valence-electron chi connectivity index (χ2n) is 7.33. The van der Waals surface area contributed by atoms with Gasteiger partial charge in [0.1, 0.15) is 17.6 Å². The molecule has 3 aromatic heterocycles. The normalized spacial score (nSPS) is 10.9. The quantitative estimate of drug-likeness (QED) is 0.431. The molecule has 0 aromatic carbocycles. The second kappa shape index (κ2) is 8.86. The molecule has 12 nitrogen and oxygen atoms in total. The van der Waals surface area contributed by atoms with E-state index in [4.69, 9.17) is 22.6 Å². The van der Waals surface area contributed by atoms with E-state index in [2.05, 4.69) is 25.7 Å². The second-order valence-corrected chi connectivity index (χ2v) is 7.72. The molecule has 0 atom stereocenters. The standard InChI is InChI=1S/C19H18ClN9O3/c1-19(2,7-15(30)26-18(22)32)27-17(31)11-4-3-5-14(24-11)25-12-6-13(20)28-29-10(8-21)9-23-16(12)29/h3-6,9H,7H2,1-2H3,(H,24,25)(H,27,31)(H3,22,26,30,32). The number of urea groups is 1. The van der Waals surface area contributed by atoms with Gasteiger partial charge in [-0.15, -0.1) is 0 Å². The average Bonchev–Trinajstić information content (AvgIpc) is 3.09. The van der Waals surface area contributed by atoms with Crippen LogP contribution in [-0.2, 0) is 4.79 Å². The molecule has 0 unspecified atom stereocenters. The minimum atomic E-state index is -0.976. The molecule has 0 aliphatic heterocycles. The number of fused-ring (bicyclic) bond motifs is 1. The highest BCUT2D eigenvalue weighted by Crippen LogP contribution is 2.23. The lowest BCUT2D eigenvalue weighted by atomic mass is 10.00. The predicted octanol–water partition coefficient (Wildman–Crippen LogP) is 1.49. The number of nitrogens with one attached hydrogen (secondary N) is 3. The molecule has 13 heteroatoms. The maximum atomic E-state index is 12.7. The summed E-state index contributed by atoms with van der Waals surface area (Å²) in [5.41, 5.74) is 5.02. The number of hydrogen-bond donors (Lipinski definition) is 4. The number of primary amides is 1. The van der Waals surface area contributed by atoms with E-state index >= 15 is 0 Å². The van der Waals surface area contributed by atoms with Crippen molar-refractivity contribution < 1.29 is 14.4 Å². The van der Waals surface area contributed by atoms with E-state index in [0.29, 0.717) is 17.2 Å². The first-order valence-electron chi connectivity index (χ1n) is 9.18. The maximum absolute atomic E-state index is 12.7. The Labute approximate surface area is 186 Å². The van der Waals surface area contributed by atoms with Gasteiger partial charge in [-0.3, -0.25) is 14.9 Å².